The maximum atomic E-state index is 12.2. The van der Waals surface area contributed by atoms with Crippen LogP contribution in [0, 0.1) is 20.8 Å². The summed E-state index contributed by atoms with van der Waals surface area (Å²) in [5, 5.41) is 10.8. The van der Waals surface area contributed by atoms with E-state index in [1.165, 1.54) is 15.3 Å². The molecule has 0 amide bonds. The summed E-state index contributed by atoms with van der Waals surface area (Å²) in [6, 6.07) is 22.4. The lowest BCUT2D eigenvalue weighted by molar-refractivity contribution is 0.112. The topological polar surface area (TPSA) is 37.3 Å². The first kappa shape index (κ1) is 20.1. The van der Waals surface area contributed by atoms with Gasteiger partial charge in [-0.1, -0.05) is 60.7 Å². The lowest BCUT2D eigenvalue weighted by Crippen LogP contribution is -1.98. The summed E-state index contributed by atoms with van der Waals surface area (Å²) in [7, 11) is 0. The van der Waals surface area contributed by atoms with Crippen molar-refractivity contribution in [1.29, 1.82) is 0 Å². The van der Waals surface area contributed by atoms with Gasteiger partial charge in [0.2, 0.25) is 0 Å². The number of aryl methyl sites for hydroxylation is 2. The third-order valence-corrected chi connectivity index (χ3v) is 6.85. The second kappa shape index (κ2) is 8.29. The van der Waals surface area contributed by atoms with Crippen LogP contribution in [0.1, 0.15) is 36.8 Å². The molecule has 150 valence electrons. The second-order valence-corrected chi connectivity index (χ2v) is 8.92. The average molecular weight is 413 g/mol. The van der Waals surface area contributed by atoms with Crippen LogP contribution >= 0.6 is 11.3 Å². The molecule has 4 aromatic rings. The molecule has 0 spiro atoms. The Kier molecular flexibility index (Phi) is 5.56. The Bertz CT molecular complexity index is 1210. The van der Waals surface area contributed by atoms with Crippen molar-refractivity contribution in [1.82, 2.24) is 0 Å². The predicted molar refractivity (Wildman–Crippen MR) is 126 cm³/mol. The van der Waals surface area contributed by atoms with Crippen LogP contribution in [0.2, 0.25) is 0 Å². The fourth-order valence-electron chi connectivity index (χ4n) is 3.99. The number of benzene rings is 3. The molecule has 0 radical (unpaired) electrons. The molecule has 3 aromatic carbocycles. The highest BCUT2D eigenvalue weighted by Gasteiger charge is 2.24. The highest BCUT2D eigenvalue weighted by molar-refractivity contribution is 7.12. The standard InChI is InChI=1S/C27H24O2S/c1-17-14-22(21-12-8-5-9-13-21)26(23(16-28)27(17)29)25-18(2)19(3)30-24(25)15-20-10-6-4-7-11-20/h4-14,16,29H,15H2,1-3H3. The molecule has 30 heavy (non-hydrogen) atoms. The number of phenols is 1. The van der Waals surface area contributed by atoms with Gasteiger partial charge in [0.15, 0.2) is 6.29 Å². The predicted octanol–water partition coefficient (Wildman–Crippen LogP) is 7.12. The zero-order valence-electron chi connectivity index (χ0n) is 17.4. The Balaban J connectivity index is 2.03. The molecule has 0 bridgehead atoms. The number of phenolic OH excluding ortho intramolecular Hbond substituents is 1. The van der Waals surface area contributed by atoms with Crippen LogP contribution < -0.4 is 0 Å². The molecule has 0 aliphatic heterocycles. The van der Waals surface area contributed by atoms with E-state index in [0.29, 0.717) is 11.1 Å². The maximum Gasteiger partial charge on any atom is 0.154 e. The van der Waals surface area contributed by atoms with Crippen LogP contribution in [0.25, 0.3) is 22.3 Å². The smallest absolute Gasteiger partial charge is 0.154 e. The number of aldehydes is 1. The first-order chi connectivity index (χ1) is 14.5. The van der Waals surface area contributed by atoms with Gasteiger partial charge in [0.25, 0.3) is 0 Å². The highest BCUT2D eigenvalue weighted by Crippen LogP contribution is 2.46. The molecule has 2 nitrogen and oxygen atoms in total. The summed E-state index contributed by atoms with van der Waals surface area (Å²) in [5.74, 6) is 0.0635. The molecule has 0 aliphatic carbocycles. The molecular weight excluding hydrogens is 388 g/mol. The van der Waals surface area contributed by atoms with Crippen molar-refractivity contribution in [3.8, 4) is 28.0 Å². The van der Waals surface area contributed by atoms with Gasteiger partial charge >= 0.3 is 0 Å². The molecule has 0 atom stereocenters. The van der Waals surface area contributed by atoms with E-state index in [1.54, 1.807) is 11.3 Å². The van der Waals surface area contributed by atoms with Crippen LogP contribution in [0.5, 0.6) is 5.75 Å². The summed E-state index contributed by atoms with van der Waals surface area (Å²) >= 11 is 1.77. The minimum Gasteiger partial charge on any atom is -0.507 e. The normalized spacial score (nSPS) is 10.9. The highest BCUT2D eigenvalue weighted by atomic mass is 32.1. The summed E-state index contributed by atoms with van der Waals surface area (Å²) in [4.78, 5) is 14.6. The molecule has 0 unspecified atom stereocenters. The van der Waals surface area contributed by atoms with Crippen LogP contribution in [0.15, 0.2) is 66.7 Å². The molecule has 3 heteroatoms. The van der Waals surface area contributed by atoms with Gasteiger partial charge in [-0.25, -0.2) is 0 Å². The minimum atomic E-state index is 0.0635. The van der Waals surface area contributed by atoms with Gasteiger partial charge in [0.05, 0.1) is 5.56 Å². The van der Waals surface area contributed by atoms with E-state index in [4.69, 9.17) is 0 Å². The quantitative estimate of drug-likeness (QED) is 0.354. The fraction of sp³-hybridized carbons (Fsp3) is 0.148. The number of aromatic hydroxyl groups is 1. The Morgan fingerprint density at radius 2 is 1.53 bits per heavy atom. The van der Waals surface area contributed by atoms with Crippen LogP contribution in [-0.4, -0.2) is 11.4 Å². The number of carbonyl (C=O) groups is 1. The Morgan fingerprint density at radius 1 is 0.900 bits per heavy atom. The van der Waals surface area contributed by atoms with Gasteiger partial charge < -0.3 is 5.11 Å². The summed E-state index contributed by atoms with van der Waals surface area (Å²) in [6.07, 6.45) is 1.58. The van der Waals surface area contributed by atoms with Crippen LogP contribution in [0.4, 0.5) is 0 Å². The first-order valence-corrected chi connectivity index (χ1v) is 10.8. The van der Waals surface area contributed by atoms with Crippen molar-refractivity contribution >= 4 is 17.6 Å². The van der Waals surface area contributed by atoms with E-state index in [0.717, 1.165) is 40.5 Å². The first-order valence-electron chi connectivity index (χ1n) is 10.0. The molecule has 4 rings (SSSR count). The number of thiophene rings is 1. The van der Waals surface area contributed by atoms with Crippen LogP contribution in [0.3, 0.4) is 0 Å². The summed E-state index contributed by atoms with van der Waals surface area (Å²) in [6.45, 7) is 6.07. The van der Waals surface area contributed by atoms with Crippen LogP contribution in [-0.2, 0) is 6.42 Å². The second-order valence-electron chi connectivity index (χ2n) is 7.61. The summed E-state index contributed by atoms with van der Waals surface area (Å²) in [5.41, 5.74) is 7.36. The number of hydrogen-bond acceptors (Lipinski definition) is 3. The summed E-state index contributed by atoms with van der Waals surface area (Å²) < 4.78 is 0. The van der Waals surface area contributed by atoms with Crippen molar-refractivity contribution in [3.05, 3.63) is 98.7 Å². The maximum absolute atomic E-state index is 12.2. The molecule has 1 aromatic heterocycles. The van der Waals surface area contributed by atoms with Crippen molar-refractivity contribution < 1.29 is 9.90 Å². The lowest BCUT2D eigenvalue weighted by atomic mass is 9.86. The molecule has 0 saturated carbocycles. The Hall–Kier alpha value is -3.17. The van der Waals surface area contributed by atoms with E-state index < -0.39 is 0 Å². The van der Waals surface area contributed by atoms with Gasteiger partial charge in [-0.05, 0) is 54.7 Å². The van der Waals surface area contributed by atoms with Gasteiger partial charge in [-0.2, -0.15) is 0 Å². The van der Waals surface area contributed by atoms with Gasteiger partial charge in [0.1, 0.15) is 5.75 Å². The largest absolute Gasteiger partial charge is 0.507 e. The SMILES string of the molecule is Cc1cc(-c2ccccc2)c(-c2c(Cc3ccccc3)sc(C)c2C)c(C=O)c1O. The fourth-order valence-corrected chi connectivity index (χ4v) is 5.21. The zero-order chi connectivity index (χ0) is 21.3. The van der Waals surface area contributed by atoms with E-state index in [-0.39, 0.29) is 5.75 Å². The lowest BCUT2D eigenvalue weighted by Gasteiger charge is -2.18. The van der Waals surface area contributed by atoms with E-state index in [9.17, 15) is 9.90 Å². The van der Waals surface area contributed by atoms with Crippen molar-refractivity contribution in [2.75, 3.05) is 0 Å². The van der Waals surface area contributed by atoms with Gasteiger partial charge in [0, 0.05) is 27.3 Å². The Morgan fingerprint density at radius 3 is 2.17 bits per heavy atom. The number of rotatable bonds is 5. The third kappa shape index (κ3) is 3.57. The molecule has 1 heterocycles. The third-order valence-electron chi connectivity index (χ3n) is 5.65. The Labute approximate surface area is 181 Å². The van der Waals surface area contributed by atoms with E-state index in [2.05, 4.69) is 38.1 Å². The number of carbonyl (C=O) groups excluding carboxylic acids is 1. The van der Waals surface area contributed by atoms with Crippen molar-refractivity contribution in [3.63, 3.8) is 0 Å². The van der Waals surface area contributed by atoms with Gasteiger partial charge in [-0.3, -0.25) is 4.79 Å². The molecule has 1 N–H and O–H groups in total. The molecule has 0 fully saturated rings. The monoisotopic (exact) mass is 412 g/mol. The average Bonchev–Trinajstić information content (AvgIpc) is 3.04. The van der Waals surface area contributed by atoms with Crippen molar-refractivity contribution in [2.45, 2.75) is 27.2 Å². The minimum absolute atomic E-state index is 0.0635. The molecular formula is C27H24O2S. The van der Waals surface area contributed by atoms with E-state index in [1.807, 2.05) is 49.4 Å². The molecule has 0 aliphatic rings. The van der Waals surface area contributed by atoms with E-state index >= 15 is 0 Å². The van der Waals surface area contributed by atoms with Crippen molar-refractivity contribution in [2.24, 2.45) is 0 Å². The van der Waals surface area contributed by atoms with Gasteiger partial charge in [-0.15, -0.1) is 11.3 Å². The molecule has 0 saturated heterocycles. The number of hydrogen-bond donors (Lipinski definition) is 1. The zero-order valence-corrected chi connectivity index (χ0v) is 18.2.